The molecule has 1 atom stereocenters. The van der Waals surface area contributed by atoms with E-state index < -0.39 is 0 Å². The lowest BCUT2D eigenvalue weighted by Crippen LogP contribution is -2.32. The summed E-state index contributed by atoms with van der Waals surface area (Å²) in [5.41, 5.74) is 2.58. The molecule has 1 aromatic heterocycles. The van der Waals surface area contributed by atoms with Crippen molar-refractivity contribution in [3.8, 4) is 0 Å². The molecule has 0 spiro atoms. The second-order valence-electron chi connectivity index (χ2n) is 3.60. The zero-order valence-corrected chi connectivity index (χ0v) is 9.26. The first-order valence-electron chi connectivity index (χ1n) is 5.10. The lowest BCUT2D eigenvalue weighted by Gasteiger charge is -2.09. The summed E-state index contributed by atoms with van der Waals surface area (Å²) in [6.45, 7) is 1.45. The highest BCUT2D eigenvalue weighted by Gasteiger charge is 2.16. The number of ether oxygens (including phenoxy) is 1. The molecule has 0 radical (unpaired) electrons. The highest BCUT2D eigenvalue weighted by molar-refractivity contribution is 7.07. The van der Waals surface area contributed by atoms with Crippen LogP contribution in [0, 0.1) is 0 Å². The maximum absolute atomic E-state index is 11.5. The van der Waals surface area contributed by atoms with Gasteiger partial charge in [0.1, 0.15) is 0 Å². The van der Waals surface area contributed by atoms with Crippen molar-refractivity contribution in [3.63, 3.8) is 0 Å². The summed E-state index contributed by atoms with van der Waals surface area (Å²) in [6.07, 6.45) is 2.74. The van der Waals surface area contributed by atoms with Crippen molar-refractivity contribution in [2.45, 2.75) is 25.4 Å². The average Bonchev–Trinajstić information content (AvgIpc) is 2.86. The van der Waals surface area contributed by atoms with Gasteiger partial charge in [0, 0.05) is 18.5 Å². The van der Waals surface area contributed by atoms with Gasteiger partial charge in [0.15, 0.2) is 0 Å². The molecule has 1 aliphatic rings. The van der Waals surface area contributed by atoms with Gasteiger partial charge in [-0.15, -0.1) is 11.3 Å². The van der Waals surface area contributed by atoms with Crippen LogP contribution in [0.5, 0.6) is 0 Å². The van der Waals surface area contributed by atoms with Crippen LogP contribution in [-0.2, 0) is 16.0 Å². The van der Waals surface area contributed by atoms with Gasteiger partial charge in [-0.25, -0.2) is 4.98 Å². The molecule has 1 N–H and O–H groups in total. The van der Waals surface area contributed by atoms with E-state index in [0.29, 0.717) is 13.0 Å². The van der Waals surface area contributed by atoms with Crippen LogP contribution >= 0.6 is 11.3 Å². The Hall–Kier alpha value is -0.940. The van der Waals surface area contributed by atoms with E-state index in [1.807, 2.05) is 5.38 Å². The van der Waals surface area contributed by atoms with Crippen LogP contribution in [0.15, 0.2) is 10.9 Å². The van der Waals surface area contributed by atoms with Crippen LogP contribution in [0.1, 0.15) is 18.5 Å². The average molecular weight is 226 g/mol. The zero-order valence-electron chi connectivity index (χ0n) is 8.44. The lowest BCUT2D eigenvalue weighted by molar-refractivity contribution is -0.121. The largest absolute Gasteiger partial charge is 0.376 e. The molecular formula is C10H14N2O2S. The van der Waals surface area contributed by atoms with Crippen molar-refractivity contribution in [2.24, 2.45) is 0 Å². The smallest absolute Gasteiger partial charge is 0.226 e. The molecule has 2 heterocycles. The molecule has 0 aromatic carbocycles. The van der Waals surface area contributed by atoms with Gasteiger partial charge in [-0.2, -0.15) is 0 Å². The van der Waals surface area contributed by atoms with Gasteiger partial charge < -0.3 is 10.1 Å². The number of hydrogen-bond acceptors (Lipinski definition) is 4. The van der Waals surface area contributed by atoms with E-state index >= 15 is 0 Å². The Morgan fingerprint density at radius 2 is 2.67 bits per heavy atom. The summed E-state index contributed by atoms with van der Waals surface area (Å²) in [7, 11) is 0. The maximum Gasteiger partial charge on any atom is 0.226 e. The maximum atomic E-state index is 11.5. The highest BCUT2D eigenvalue weighted by atomic mass is 32.1. The van der Waals surface area contributed by atoms with Gasteiger partial charge >= 0.3 is 0 Å². The minimum atomic E-state index is 0.0244. The van der Waals surface area contributed by atoms with Gasteiger partial charge in [0.25, 0.3) is 0 Å². The second kappa shape index (κ2) is 5.23. The molecule has 1 unspecified atom stereocenters. The molecule has 0 saturated carbocycles. The predicted octanol–water partition coefficient (Wildman–Crippen LogP) is 0.981. The van der Waals surface area contributed by atoms with Crippen LogP contribution in [0.25, 0.3) is 0 Å². The van der Waals surface area contributed by atoms with Crippen LogP contribution in [0.2, 0.25) is 0 Å². The van der Waals surface area contributed by atoms with Crippen molar-refractivity contribution >= 4 is 17.2 Å². The van der Waals surface area contributed by atoms with Gasteiger partial charge in [0.05, 0.1) is 23.7 Å². The fraction of sp³-hybridized carbons (Fsp3) is 0.600. The summed E-state index contributed by atoms with van der Waals surface area (Å²) < 4.78 is 5.41. The molecule has 1 aliphatic heterocycles. The molecule has 5 heteroatoms. The number of carbonyl (C=O) groups is 1. The predicted molar refractivity (Wildman–Crippen MR) is 57.8 cm³/mol. The Bertz CT molecular complexity index is 307. The number of aromatic nitrogens is 1. The van der Waals surface area contributed by atoms with Crippen molar-refractivity contribution < 1.29 is 9.53 Å². The quantitative estimate of drug-likeness (QED) is 0.832. The highest BCUT2D eigenvalue weighted by Crippen LogP contribution is 2.10. The first-order chi connectivity index (χ1) is 7.34. The number of nitrogens with one attached hydrogen (secondary N) is 1. The topological polar surface area (TPSA) is 51.2 Å². The Morgan fingerprint density at radius 1 is 1.73 bits per heavy atom. The third-order valence-electron chi connectivity index (χ3n) is 2.38. The SMILES string of the molecule is O=C(Cc1cscn1)NCC1CCCO1. The van der Waals surface area contributed by atoms with Gasteiger partial charge in [-0.3, -0.25) is 4.79 Å². The molecule has 2 rings (SSSR count). The van der Waals surface area contributed by atoms with Crippen LogP contribution in [0.4, 0.5) is 0 Å². The first-order valence-corrected chi connectivity index (χ1v) is 6.04. The second-order valence-corrected chi connectivity index (χ2v) is 4.31. The Labute approximate surface area is 92.7 Å². The van der Waals surface area contributed by atoms with Crippen molar-refractivity contribution in [1.82, 2.24) is 10.3 Å². The Morgan fingerprint density at radius 3 is 3.33 bits per heavy atom. The van der Waals surface area contributed by atoms with Crippen molar-refractivity contribution in [3.05, 3.63) is 16.6 Å². The minimum Gasteiger partial charge on any atom is -0.376 e. The number of carbonyl (C=O) groups excluding carboxylic acids is 1. The minimum absolute atomic E-state index is 0.0244. The molecule has 0 aliphatic carbocycles. The molecule has 15 heavy (non-hydrogen) atoms. The number of hydrogen-bond donors (Lipinski definition) is 1. The van der Waals surface area contributed by atoms with Crippen molar-refractivity contribution in [1.29, 1.82) is 0 Å². The van der Waals surface area contributed by atoms with Gasteiger partial charge in [-0.1, -0.05) is 0 Å². The van der Waals surface area contributed by atoms with E-state index in [1.54, 1.807) is 5.51 Å². The molecule has 1 amide bonds. The Kier molecular flexibility index (Phi) is 3.69. The van der Waals surface area contributed by atoms with Crippen molar-refractivity contribution in [2.75, 3.05) is 13.2 Å². The molecule has 1 saturated heterocycles. The Balaban J connectivity index is 1.68. The molecule has 1 fully saturated rings. The molecule has 0 bridgehead atoms. The van der Waals surface area contributed by atoms with Crippen LogP contribution < -0.4 is 5.32 Å². The normalized spacial score (nSPS) is 20.4. The number of thiazole rings is 1. The van der Waals surface area contributed by atoms with Crippen LogP contribution in [-0.4, -0.2) is 30.1 Å². The fourth-order valence-electron chi connectivity index (χ4n) is 1.58. The van der Waals surface area contributed by atoms with E-state index in [9.17, 15) is 4.79 Å². The third kappa shape index (κ3) is 3.28. The molecule has 4 nitrogen and oxygen atoms in total. The molecule has 1 aromatic rings. The fourth-order valence-corrected chi connectivity index (χ4v) is 2.14. The van der Waals surface area contributed by atoms with Gasteiger partial charge in [-0.05, 0) is 12.8 Å². The monoisotopic (exact) mass is 226 g/mol. The summed E-state index contributed by atoms with van der Waals surface area (Å²) in [5, 5.41) is 4.76. The number of nitrogens with zero attached hydrogens (tertiary/aromatic N) is 1. The van der Waals surface area contributed by atoms with E-state index in [-0.39, 0.29) is 12.0 Å². The summed E-state index contributed by atoms with van der Waals surface area (Å²) in [4.78, 5) is 15.5. The van der Waals surface area contributed by atoms with Gasteiger partial charge in [0.2, 0.25) is 5.91 Å². The number of rotatable bonds is 4. The van der Waals surface area contributed by atoms with E-state index in [1.165, 1.54) is 11.3 Å². The summed E-state index contributed by atoms with van der Waals surface area (Å²) in [6, 6.07) is 0. The molecule has 82 valence electrons. The summed E-state index contributed by atoms with van der Waals surface area (Å²) >= 11 is 1.51. The standard InChI is InChI=1S/C10H14N2O2S/c13-10(4-8-6-15-7-12-8)11-5-9-2-1-3-14-9/h6-7,9H,1-5H2,(H,11,13). The first kappa shape index (κ1) is 10.6. The van der Waals surface area contributed by atoms with E-state index in [2.05, 4.69) is 10.3 Å². The van der Waals surface area contributed by atoms with E-state index in [0.717, 1.165) is 25.1 Å². The van der Waals surface area contributed by atoms with Crippen LogP contribution in [0.3, 0.4) is 0 Å². The van der Waals surface area contributed by atoms with E-state index in [4.69, 9.17) is 4.74 Å². The zero-order chi connectivity index (χ0) is 10.5. The number of amides is 1. The third-order valence-corrected chi connectivity index (χ3v) is 3.01. The molecular weight excluding hydrogens is 212 g/mol. The lowest BCUT2D eigenvalue weighted by atomic mass is 10.2. The summed E-state index contributed by atoms with van der Waals surface area (Å²) in [5.74, 6) is 0.0244.